The molecule has 2 nitrogen and oxygen atoms in total. The molecule has 1 fully saturated rings. The Morgan fingerprint density at radius 2 is 2.28 bits per heavy atom. The number of rotatable bonds is 3. The summed E-state index contributed by atoms with van der Waals surface area (Å²) >= 11 is 9.06. The van der Waals surface area contributed by atoms with Crippen LogP contribution in [0.1, 0.15) is 12.5 Å². The molecule has 2 atom stereocenters. The van der Waals surface area contributed by atoms with Gasteiger partial charge in [-0.2, -0.15) is 0 Å². The van der Waals surface area contributed by atoms with Crippen LogP contribution in [-0.2, 0) is 11.3 Å². The Balaban J connectivity index is 2.01. The third-order valence-corrected chi connectivity index (χ3v) is 3.92. The molecule has 0 spiro atoms. The van der Waals surface area contributed by atoms with Crippen LogP contribution in [0.4, 0.5) is 4.39 Å². The van der Waals surface area contributed by atoms with Crippen LogP contribution in [0.3, 0.4) is 0 Å². The minimum atomic E-state index is -0.229. The molecule has 1 aliphatic rings. The molecule has 1 saturated heterocycles. The molecule has 0 amide bonds. The molecule has 1 heterocycles. The maximum absolute atomic E-state index is 13.2. The van der Waals surface area contributed by atoms with Crippen LogP contribution in [0.5, 0.6) is 0 Å². The zero-order chi connectivity index (χ0) is 13.1. The van der Waals surface area contributed by atoms with E-state index in [1.807, 2.05) is 19.1 Å². The number of hydrogen-bond donors (Lipinski definition) is 0. The van der Waals surface area contributed by atoms with Gasteiger partial charge in [-0.05, 0) is 40.5 Å². The molecular weight excluding hydrogens is 321 g/mol. The summed E-state index contributed by atoms with van der Waals surface area (Å²) in [4.78, 5) is 2.29. The van der Waals surface area contributed by atoms with Gasteiger partial charge in [-0.3, -0.25) is 4.90 Å². The second-order valence-corrected chi connectivity index (χ2v) is 5.83. The number of alkyl halides is 1. The predicted octanol–water partition coefficient (Wildman–Crippen LogP) is 3.42. The first kappa shape index (κ1) is 14.3. The highest BCUT2D eigenvalue weighted by Crippen LogP contribution is 2.20. The van der Waals surface area contributed by atoms with Crippen molar-refractivity contribution in [2.75, 3.05) is 19.0 Å². The summed E-state index contributed by atoms with van der Waals surface area (Å²) in [5.74, 6) is 0.279. The molecule has 1 aromatic carbocycles. The lowest BCUT2D eigenvalue weighted by atomic mass is 10.1. The van der Waals surface area contributed by atoms with Crippen LogP contribution < -0.4 is 0 Å². The van der Waals surface area contributed by atoms with E-state index in [0.717, 1.165) is 25.2 Å². The van der Waals surface area contributed by atoms with Gasteiger partial charge in [0.05, 0.1) is 16.7 Å². The Morgan fingerprint density at radius 3 is 2.94 bits per heavy atom. The average Bonchev–Trinajstić information content (AvgIpc) is 2.33. The van der Waals surface area contributed by atoms with Crippen LogP contribution in [0.2, 0.25) is 0 Å². The van der Waals surface area contributed by atoms with Gasteiger partial charge in [0.25, 0.3) is 0 Å². The van der Waals surface area contributed by atoms with Crippen LogP contribution >= 0.6 is 27.5 Å². The summed E-state index contributed by atoms with van der Waals surface area (Å²) in [6.07, 6.45) is 0.269. The fourth-order valence-corrected chi connectivity index (χ4v) is 2.85. The van der Waals surface area contributed by atoms with Gasteiger partial charge in [0.2, 0.25) is 0 Å². The molecule has 0 N–H and O–H groups in total. The maximum atomic E-state index is 13.2. The SMILES string of the molecule is CC1CN(Cc2ccc(F)c(Br)c2)CC(CCl)O1. The molecule has 2 unspecified atom stereocenters. The maximum Gasteiger partial charge on any atom is 0.137 e. The Labute approximate surface area is 120 Å². The summed E-state index contributed by atoms with van der Waals surface area (Å²) in [5.41, 5.74) is 1.09. The zero-order valence-corrected chi connectivity index (χ0v) is 12.5. The van der Waals surface area contributed by atoms with Gasteiger partial charge in [-0.15, -0.1) is 11.6 Å². The normalized spacial score (nSPS) is 25.3. The largest absolute Gasteiger partial charge is 0.371 e. The third-order valence-electron chi connectivity index (χ3n) is 2.96. The molecule has 100 valence electrons. The number of nitrogens with zero attached hydrogens (tertiary/aromatic N) is 1. The minimum absolute atomic E-state index is 0.0827. The molecule has 0 aliphatic carbocycles. The van der Waals surface area contributed by atoms with Gasteiger partial charge in [0.15, 0.2) is 0 Å². The van der Waals surface area contributed by atoms with E-state index in [4.69, 9.17) is 16.3 Å². The van der Waals surface area contributed by atoms with Gasteiger partial charge >= 0.3 is 0 Å². The summed E-state index contributed by atoms with van der Waals surface area (Å²) < 4.78 is 19.4. The standard InChI is InChI=1S/C13H16BrClFNO/c1-9-6-17(8-11(5-15)18-9)7-10-2-3-13(16)12(14)4-10/h2-4,9,11H,5-8H2,1H3. The van der Waals surface area contributed by atoms with Crippen LogP contribution in [0.15, 0.2) is 22.7 Å². The Morgan fingerprint density at radius 1 is 1.50 bits per heavy atom. The van der Waals surface area contributed by atoms with E-state index >= 15 is 0 Å². The summed E-state index contributed by atoms with van der Waals surface area (Å²) in [6.45, 7) is 4.54. The fourth-order valence-electron chi connectivity index (χ4n) is 2.25. The lowest BCUT2D eigenvalue weighted by molar-refractivity contribution is -0.0688. The monoisotopic (exact) mass is 335 g/mol. The highest BCUT2D eigenvalue weighted by molar-refractivity contribution is 9.10. The number of halogens is 3. The lowest BCUT2D eigenvalue weighted by Crippen LogP contribution is -2.46. The first-order chi connectivity index (χ1) is 8.58. The topological polar surface area (TPSA) is 12.5 Å². The van der Waals surface area contributed by atoms with Crippen molar-refractivity contribution in [3.63, 3.8) is 0 Å². The number of morpholine rings is 1. The molecule has 5 heteroatoms. The molecule has 2 rings (SSSR count). The van der Waals surface area contributed by atoms with Crippen molar-refractivity contribution in [1.29, 1.82) is 0 Å². The average molecular weight is 337 g/mol. The lowest BCUT2D eigenvalue weighted by Gasteiger charge is -2.36. The van der Waals surface area contributed by atoms with Crippen LogP contribution in [0.25, 0.3) is 0 Å². The Bertz CT molecular complexity index is 418. The molecule has 1 aliphatic heterocycles. The molecule has 18 heavy (non-hydrogen) atoms. The van der Waals surface area contributed by atoms with E-state index in [2.05, 4.69) is 20.8 Å². The molecular formula is C13H16BrClFNO. The molecule has 1 aromatic rings. The van der Waals surface area contributed by atoms with Crippen molar-refractivity contribution in [3.05, 3.63) is 34.1 Å². The van der Waals surface area contributed by atoms with Crippen molar-refractivity contribution < 1.29 is 9.13 Å². The minimum Gasteiger partial charge on any atom is -0.371 e. The quantitative estimate of drug-likeness (QED) is 0.784. The first-order valence-electron chi connectivity index (χ1n) is 5.96. The van der Waals surface area contributed by atoms with Crippen molar-refractivity contribution in [2.45, 2.75) is 25.7 Å². The van der Waals surface area contributed by atoms with Gasteiger partial charge in [0.1, 0.15) is 5.82 Å². The third kappa shape index (κ3) is 3.67. The number of benzene rings is 1. The van der Waals surface area contributed by atoms with E-state index < -0.39 is 0 Å². The van der Waals surface area contributed by atoms with Crippen LogP contribution in [-0.4, -0.2) is 36.1 Å². The summed E-state index contributed by atoms with van der Waals surface area (Å²) in [5, 5.41) is 0. The van der Waals surface area contributed by atoms with Crippen LogP contribution in [0, 0.1) is 5.82 Å². The van der Waals surface area contributed by atoms with Crippen molar-refractivity contribution in [3.8, 4) is 0 Å². The second kappa shape index (κ2) is 6.33. The van der Waals surface area contributed by atoms with E-state index in [1.165, 1.54) is 6.07 Å². The van der Waals surface area contributed by atoms with E-state index in [9.17, 15) is 4.39 Å². The highest BCUT2D eigenvalue weighted by Gasteiger charge is 2.24. The molecule has 0 aromatic heterocycles. The van der Waals surface area contributed by atoms with Crippen molar-refractivity contribution in [1.82, 2.24) is 4.90 Å². The van der Waals surface area contributed by atoms with Gasteiger partial charge in [0, 0.05) is 25.5 Å². The molecule has 0 bridgehead atoms. The Hall–Kier alpha value is -0.160. The summed E-state index contributed by atoms with van der Waals surface area (Å²) in [6, 6.07) is 5.13. The van der Waals surface area contributed by atoms with E-state index in [-0.39, 0.29) is 18.0 Å². The highest BCUT2D eigenvalue weighted by atomic mass is 79.9. The molecule has 0 saturated carbocycles. The smallest absolute Gasteiger partial charge is 0.137 e. The number of ether oxygens (including phenoxy) is 1. The van der Waals surface area contributed by atoms with Gasteiger partial charge < -0.3 is 4.74 Å². The fraction of sp³-hybridized carbons (Fsp3) is 0.538. The Kier molecular flexibility index (Phi) is 5.01. The number of hydrogen-bond acceptors (Lipinski definition) is 2. The van der Waals surface area contributed by atoms with Crippen molar-refractivity contribution in [2.24, 2.45) is 0 Å². The zero-order valence-electron chi connectivity index (χ0n) is 10.2. The van der Waals surface area contributed by atoms with Gasteiger partial charge in [-0.25, -0.2) is 4.39 Å². The summed E-state index contributed by atoms with van der Waals surface area (Å²) in [7, 11) is 0. The van der Waals surface area contributed by atoms with Crippen molar-refractivity contribution >= 4 is 27.5 Å². The molecule has 0 radical (unpaired) electrons. The predicted molar refractivity (Wildman–Crippen MR) is 74.4 cm³/mol. The first-order valence-corrected chi connectivity index (χ1v) is 7.29. The van der Waals surface area contributed by atoms with E-state index in [1.54, 1.807) is 0 Å². The second-order valence-electron chi connectivity index (χ2n) is 4.67. The van der Waals surface area contributed by atoms with E-state index in [0.29, 0.717) is 10.4 Å². The van der Waals surface area contributed by atoms with Gasteiger partial charge in [-0.1, -0.05) is 6.07 Å².